The van der Waals surface area contributed by atoms with Gasteiger partial charge in [0.1, 0.15) is 6.04 Å². The Morgan fingerprint density at radius 3 is 2.96 bits per heavy atom. The van der Waals surface area contributed by atoms with E-state index in [4.69, 9.17) is 4.74 Å². The Morgan fingerprint density at radius 1 is 1.22 bits per heavy atom. The minimum atomic E-state index is -0.299. The Balaban J connectivity index is 1.39. The third-order valence-electron chi connectivity index (χ3n) is 5.12. The monoisotopic (exact) mass is 382 g/mol. The molecule has 3 heterocycles. The zero-order valence-electron chi connectivity index (χ0n) is 14.5. The van der Waals surface area contributed by atoms with Gasteiger partial charge in [0.05, 0.1) is 40.7 Å². The molecule has 1 aromatic carbocycles. The number of fused-ring (bicyclic) bond motifs is 1. The maximum absolute atomic E-state index is 12.7. The number of thiazole rings is 1. The molecule has 2 unspecified atom stereocenters. The van der Waals surface area contributed by atoms with Crippen molar-refractivity contribution >= 4 is 27.5 Å². The van der Waals surface area contributed by atoms with E-state index in [9.17, 15) is 9.59 Å². The molecular formula is C19H18N4O3S. The summed E-state index contributed by atoms with van der Waals surface area (Å²) in [4.78, 5) is 29.3. The van der Waals surface area contributed by atoms with Crippen LogP contribution in [0.25, 0.3) is 10.2 Å². The second-order valence-electron chi connectivity index (χ2n) is 7.03. The Kier molecular flexibility index (Phi) is 4.02. The molecule has 1 aliphatic carbocycles. The summed E-state index contributed by atoms with van der Waals surface area (Å²) in [5.41, 5.74) is 4.00. The number of aromatic nitrogens is 3. The molecule has 138 valence electrons. The van der Waals surface area contributed by atoms with Crippen LogP contribution in [0.2, 0.25) is 0 Å². The first-order valence-electron chi connectivity index (χ1n) is 9.01. The number of nitrogens with zero attached hydrogens (tertiary/aromatic N) is 3. The van der Waals surface area contributed by atoms with Crippen LogP contribution in [0.1, 0.15) is 40.9 Å². The fraction of sp³-hybridized carbons (Fsp3) is 0.368. The average Bonchev–Trinajstić information content (AvgIpc) is 3.24. The first kappa shape index (κ1) is 16.6. The molecule has 2 aromatic heterocycles. The van der Waals surface area contributed by atoms with Crippen molar-refractivity contribution < 1.29 is 9.53 Å². The second-order valence-corrected chi connectivity index (χ2v) is 7.92. The van der Waals surface area contributed by atoms with Crippen molar-refractivity contribution in [1.82, 2.24) is 20.1 Å². The molecule has 8 heteroatoms. The summed E-state index contributed by atoms with van der Waals surface area (Å²) in [6.45, 7) is 0.723. The average molecular weight is 382 g/mol. The van der Waals surface area contributed by atoms with Gasteiger partial charge in [0.25, 0.3) is 11.5 Å². The van der Waals surface area contributed by atoms with Crippen LogP contribution in [0.4, 0.5) is 0 Å². The Morgan fingerprint density at radius 2 is 2.11 bits per heavy atom. The summed E-state index contributed by atoms with van der Waals surface area (Å²) < 4.78 is 8.02. The van der Waals surface area contributed by atoms with Gasteiger partial charge in [-0.25, -0.2) is 9.67 Å². The Labute approximate surface area is 159 Å². The highest BCUT2D eigenvalue weighted by molar-refractivity contribution is 7.16. The second kappa shape index (κ2) is 6.54. The van der Waals surface area contributed by atoms with Crippen molar-refractivity contribution in [2.24, 2.45) is 0 Å². The van der Waals surface area contributed by atoms with Crippen LogP contribution in [0.3, 0.4) is 0 Å². The van der Waals surface area contributed by atoms with Crippen LogP contribution < -0.4 is 10.9 Å². The van der Waals surface area contributed by atoms with E-state index in [1.807, 2.05) is 18.2 Å². The minimum absolute atomic E-state index is 0.166. The molecule has 1 saturated carbocycles. The summed E-state index contributed by atoms with van der Waals surface area (Å²) in [7, 11) is 0. The number of benzene rings is 1. The van der Waals surface area contributed by atoms with Crippen LogP contribution >= 0.6 is 11.3 Å². The maximum Gasteiger partial charge on any atom is 0.267 e. The number of hydrogen-bond acceptors (Lipinski definition) is 6. The minimum Gasteiger partial charge on any atom is -0.377 e. The van der Waals surface area contributed by atoms with Gasteiger partial charge >= 0.3 is 0 Å². The predicted octanol–water partition coefficient (Wildman–Crippen LogP) is 2.10. The molecule has 7 nitrogen and oxygen atoms in total. The molecule has 3 aromatic rings. The third kappa shape index (κ3) is 3.15. The van der Waals surface area contributed by atoms with Crippen LogP contribution in [0.15, 0.2) is 40.6 Å². The predicted molar refractivity (Wildman–Crippen MR) is 101 cm³/mol. The summed E-state index contributed by atoms with van der Waals surface area (Å²) in [6.07, 6.45) is 2.24. The SMILES string of the molecule is O=C(NC1COCC1n1nc(C2CC2)ccc1=O)c1ccc2ncsc2c1. The van der Waals surface area contributed by atoms with Crippen LogP contribution in [0.5, 0.6) is 0 Å². The topological polar surface area (TPSA) is 86.1 Å². The Hall–Kier alpha value is -2.58. The molecule has 1 saturated heterocycles. The van der Waals surface area contributed by atoms with Gasteiger partial charge in [-0.2, -0.15) is 5.10 Å². The standard InChI is InChI=1S/C19H18N4O3S/c24-18-6-5-13(11-1-2-11)22-23(18)16-9-26-8-15(16)21-19(25)12-3-4-14-17(7-12)27-10-20-14/h3-7,10-11,15-16H,1-2,8-9H2,(H,21,25). The van der Waals surface area contributed by atoms with E-state index in [0.29, 0.717) is 24.7 Å². The molecule has 0 spiro atoms. The van der Waals surface area contributed by atoms with Crippen LogP contribution in [-0.2, 0) is 4.74 Å². The van der Waals surface area contributed by atoms with Gasteiger partial charge in [-0.05, 0) is 37.1 Å². The van der Waals surface area contributed by atoms with Crippen LogP contribution in [0, 0.1) is 0 Å². The lowest BCUT2D eigenvalue weighted by Gasteiger charge is -2.20. The number of rotatable bonds is 4. The van der Waals surface area contributed by atoms with Crippen molar-refractivity contribution in [2.45, 2.75) is 30.8 Å². The molecule has 2 atom stereocenters. The van der Waals surface area contributed by atoms with E-state index >= 15 is 0 Å². The largest absolute Gasteiger partial charge is 0.377 e. The first-order chi connectivity index (χ1) is 13.2. The third-order valence-corrected chi connectivity index (χ3v) is 5.91. The number of ether oxygens (including phenoxy) is 1. The number of carbonyl (C=O) groups is 1. The van der Waals surface area contributed by atoms with E-state index in [2.05, 4.69) is 15.4 Å². The van der Waals surface area contributed by atoms with Gasteiger partial charge in [0.15, 0.2) is 0 Å². The van der Waals surface area contributed by atoms with Gasteiger partial charge < -0.3 is 10.1 Å². The molecule has 27 heavy (non-hydrogen) atoms. The van der Waals surface area contributed by atoms with Crippen molar-refractivity contribution in [2.75, 3.05) is 13.2 Å². The van der Waals surface area contributed by atoms with E-state index in [1.165, 1.54) is 16.0 Å². The van der Waals surface area contributed by atoms with Crippen molar-refractivity contribution in [3.63, 3.8) is 0 Å². The smallest absolute Gasteiger partial charge is 0.267 e. The number of carbonyl (C=O) groups excluding carboxylic acids is 1. The van der Waals surface area contributed by atoms with E-state index in [1.54, 1.807) is 17.6 Å². The molecule has 0 bridgehead atoms. The fourth-order valence-corrected chi connectivity index (χ4v) is 4.16. The van der Waals surface area contributed by atoms with E-state index < -0.39 is 0 Å². The summed E-state index contributed by atoms with van der Waals surface area (Å²) in [6, 6.07) is 8.22. The van der Waals surface area contributed by atoms with Gasteiger partial charge in [-0.15, -0.1) is 11.3 Å². The zero-order valence-corrected chi connectivity index (χ0v) is 15.3. The molecule has 5 rings (SSSR count). The highest BCUT2D eigenvalue weighted by Crippen LogP contribution is 2.38. The summed E-state index contributed by atoms with van der Waals surface area (Å²) in [5.74, 6) is 0.274. The lowest BCUT2D eigenvalue weighted by Crippen LogP contribution is -2.44. The lowest BCUT2D eigenvalue weighted by atomic mass is 10.1. The number of amides is 1. The highest BCUT2D eigenvalue weighted by atomic mass is 32.1. The van der Waals surface area contributed by atoms with Crippen molar-refractivity contribution in [3.8, 4) is 0 Å². The summed E-state index contributed by atoms with van der Waals surface area (Å²) >= 11 is 1.50. The highest BCUT2D eigenvalue weighted by Gasteiger charge is 2.34. The van der Waals surface area contributed by atoms with E-state index in [-0.39, 0.29) is 23.6 Å². The molecule has 1 N–H and O–H groups in total. The first-order valence-corrected chi connectivity index (χ1v) is 9.88. The van der Waals surface area contributed by atoms with Crippen molar-refractivity contribution in [1.29, 1.82) is 0 Å². The van der Waals surface area contributed by atoms with Crippen molar-refractivity contribution in [3.05, 3.63) is 57.5 Å². The van der Waals surface area contributed by atoms with Gasteiger partial charge in [-0.1, -0.05) is 0 Å². The molecule has 2 aliphatic rings. The normalized spacial score (nSPS) is 22.2. The lowest BCUT2D eigenvalue weighted by molar-refractivity contribution is 0.0925. The molecule has 0 radical (unpaired) electrons. The molecule has 1 aliphatic heterocycles. The van der Waals surface area contributed by atoms with Gasteiger partial charge in [0.2, 0.25) is 0 Å². The maximum atomic E-state index is 12.7. The zero-order chi connectivity index (χ0) is 18.4. The van der Waals surface area contributed by atoms with Gasteiger partial charge in [0, 0.05) is 17.5 Å². The number of hydrogen-bond donors (Lipinski definition) is 1. The molecule has 1 amide bonds. The Bertz CT molecular complexity index is 1070. The summed E-state index contributed by atoms with van der Waals surface area (Å²) in [5, 5.41) is 7.56. The van der Waals surface area contributed by atoms with Crippen LogP contribution in [-0.4, -0.2) is 39.9 Å². The molecular weight excluding hydrogens is 364 g/mol. The quantitative estimate of drug-likeness (QED) is 0.747. The fourth-order valence-electron chi connectivity index (χ4n) is 3.44. The van der Waals surface area contributed by atoms with E-state index in [0.717, 1.165) is 28.8 Å². The number of nitrogens with one attached hydrogen (secondary N) is 1. The molecule has 2 fully saturated rings. The van der Waals surface area contributed by atoms with Gasteiger partial charge in [-0.3, -0.25) is 9.59 Å².